The molecule has 0 fully saturated rings. The van der Waals surface area contributed by atoms with Crippen LogP contribution in [0.3, 0.4) is 0 Å². The number of nitrogens with two attached hydrogens (primary N) is 1. The monoisotopic (exact) mass is 279 g/mol. The highest BCUT2D eigenvalue weighted by Gasteiger charge is 2.04. The molecule has 98 valence electrons. The second kappa shape index (κ2) is 5.31. The van der Waals surface area contributed by atoms with E-state index in [1.165, 1.54) is 0 Å². The van der Waals surface area contributed by atoms with Crippen LogP contribution in [0.15, 0.2) is 60.0 Å². The highest BCUT2D eigenvalue weighted by Crippen LogP contribution is 2.32. The molecule has 0 aliphatic heterocycles. The van der Waals surface area contributed by atoms with Crippen molar-refractivity contribution in [3.05, 3.63) is 65.5 Å². The zero-order valence-electron chi connectivity index (χ0n) is 10.7. The third-order valence-corrected chi connectivity index (χ3v) is 4.20. The molecule has 0 unspecified atom stereocenters. The molecule has 2 aromatic carbocycles. The third kappa shape index (κ3) is 2.36. The summed E-state index contributed by atoms with van der Waals surface area (Å²) in [5, 5.41) is 2.00. The topological polar surface area (TPSA) is 43.1 Å². The fourth-order valence-electron chi connectivity index (χ4n) is 2.12. The van der Waals surface area contributed by atoms with Crippen molar-refractivity contribution in [2.24, 2.45) is 0 Å². The Kier molecular flexibility index (Phi) is 3.35. The van der Waals surface area contributed by atoms with Gasteiger partial charge in [-0.25, -0.2) is 0 Å². The number of carbonyl (C=O) groups is 1. The molecule has 3 heteroatoms. The third-order valence-electron chi connectivity index (χ3n) is 3.22. The summed E-state index contributed by atoms with van der Waals surface area (Å²) in [5.74, 6) is 0. The van der Waals surface area contributed by atoms with Gasteiger partial charge in [0.05, 0.1) is 10.6 Å². The number of nitrogen functional groups attached to an aromatic ring is 1. The fraction of sp³-hybridized carbons (Fsp3) is 0. The SMILES string of the molecule is Nc1ccsc1-c1ccc(-c2ccc(C=O)cc2)cc1. The van der Waals surface area contributed by atoms with Crippen LogP contribution in [0.1, 0.15) is 10.4 Å². The van der Waals surface area contributed by atoms with Crippen molar-refractivity contribution in [3.63, 3.8) is 0 Å². The molecule has 3 rings (SSSR count). The Morgan fingerprint density at radius 2 is 1.35 bits per heavy atom. The number of rotatable bonds is 3. The zero-order chi connectivity index (χ0) is 13.9. The van der Waals surface area contributed by atoms with Crippen LogP contribution < -0.4 is 5.73 Å². The Labute approximate surface area is 121 Å². The van der Waals surface area contributed by atoms with Crippen molar-refractivity contribution >= 4 is 23.3 Å². The number of anilines is 1. The maximum absolute atomic E-state index is 10.7. The number of hydrogen-bond donors (Lipinski definition) is 1. The summed E-state index contributed by atoms with van der Waals surface area (Å²) >= 11 is 1.65. The molecule has 20 heavy (non-hydrogen) atoms. The van der Waals surface area contributed by atoms with E-state index in [1.54, 1.807) is 11.3 Å². The lowest BCUT2D eigenvalue weighted by Crippen LogP contribution is -1.84. The van der Waals surface area contributed by atoms with Gasteiger partial charge < -0.3 is 5.73 Å². The van der Waals surface area contributed by atoms with Crippen LogP contribution in [0, 0.1) is 0 Å². The molecule has 2 nitrogen and oxygen atoms in total. The van der Waals surface area contributed by atoms with Crippen molar-refractivity contribution in [1.82, 2.24) is 0 Å². The average Bonchev–Trinajstić information content (AvgIpc) is 2.94. The number of hydrogen-bond acceptors (Lipinski definition) is 3. The summed E-state index contributed by atoms with van der Waals surface area (Å²) in [7, 11) is 0. The van der Waals surface area contributed by atoms with Gasteiger partial charge in [-0.2, -0.15) is 0 Å². The van der Waals surface area contributed by atoms with E-state index in [9.17, 15) is 4.79 Å². The first-order valence-corrected chi connectivity index (χ1v) is 7.15. The maximum atomic E-state index is 10.7. The summed E-state index contributed by atoms with van der Waals surface area (Å²) in [6, 6.07) is 17.8. The Morgan fingerprint density at radius 1 is 0.800 bits per heavy atom. The van der Waals surface area contributed by atoms with Crippen LogP contribution in [0.2, 0.25) is 0 Å². The van der Waals surface area contributed by atoms with Gasteiger partial charge >= 0.3 is 0 Å². The van der Waals surface area contributed by atoms with E-state index < -0.39 is 0 Å². The van der Waals surface area contributed by atoms with E-state index in [4.69, 9.17) is 5.73 Å². The summed E-state index contributed by atoms with van der Waals surface area (Å²) < 4.78 is 0. The average molecular weight is 279 g/mol. The molecule has 0 bridgehead atoms. The van der Waals surface area contributed by atoms with Gasteiger partial charge in [0.25, 0.3) is 0 Å². The van der Waals surface area contributed by atoms with Crippen LogP contribution in [0.4, 0.5) is 5.69 Å². The molecule has 1 aromatic heterocycles. The van der Waals surface area contributed by atoms with Gasteiger partial charge in [-0.3, -0.25) is 4.79 Å². The lowest BCUT2D eigenvalue weighted by Gasteiger charge is -2.04. The van der Waals surface area contributed by atoms with Gasteiger partial charge in [0, 0.05) is 5.56 Å². The standard InChI is InChI=1S/C17H13NOS/c18-16-9-10-20-17(16)15-7-5-14(6-8-15)13-3-1-12(11-19)2-4-13/h1-11H,18H2. The van der Waals surface area contributed by atoms with E-state index in [1.807, 2.05) is 35.7 Å². The molecule has 0 atom stereocenters. The largest absolute Gasteiger partial charge is 0.398 e. The van der Waals surface area contributed by atoms with Gasteiger partial charge in [-0.05, 0) is 28.1 Å². The van der Waals surface area contributed by atoms with Crippen molar-refractivity contribution < 1.29 is 4.79 Å². The Bertz CT molecular complexity index is 726. The zero-order valence-corrected chi connectivity index (χ0v) is 11.6. The van der Waals surface area contributed by atoms with Crippen molar-refractivity contribution in [3.8, 4) is 21.6 Å². The molecule has 0 amide bonds. The van der Waals surface area contributed by atoms with Gasteiger partial charge in [-0.15, -0.1) is 11.3 Å². The minimum absolute atomic E-state index is 0.691. The summed E-state index contributed by atoms with van der Waals surface area (Å²) in [5.41, 5.74) is 10.8. The lowest BCUT2D eigenvalue weighted by molar-refractivity contribution is 0.112. The minimum Gasteiger partial charge on any atom is -0.398 e. The first-order valence-electron chi connectivity index (χ1n) is 6.27. The number of thiophene rings is 1. The molecule has 3 aromatic rings. The molecule has 0 radical (unpaired) electrons. The highest BCUT2D eigenvalue weighted by molar-refractivity contribution is 7.14. The molecule has 2 N–H and O–H groups in total. The smallest absolute Gasteiger partial charge is 0.150 e. The van der Waals surface area contributed by atoms with Crippen LogP contribution in [0.25, 0.3) is 21.6 Å². The molecular formula is C17H13NOS. The highest BCUT2D eigenvalue weighted by atomic mass is 32.1. The maximum Gasteiger partial charge on any atom is 0.150 e. The van der Waals surface area contributed by atoms with Crippen molar-refractivity contribution in [2.75, 3.05) is 5.73 Å². The van der Waals surface area contributed by atoms with E-state index in [0.717, 1.165) is 33.5 Å². The molecule has 0 aliphatic rings. The second-order valence-electron chi connectivity index (χ2n) is 4.52. The number of carbonyl (C=O) groups excluding carboxylic acids is 1. The molecule has 0 aliphatic carbocycles. The van der Waals surface area contributed by atoms with Gasteiger partial charge in [0.1, 0.15) is 6.29 Å². The second-order valence-corrected chi connectivity index (χ2v) is 5.44. The molecule has 0 saturated heterocycles. The van der Waals surface area contributed by atoms with Crippen molar-refractivity contribution in [1.29, 1.82) is 0 Å². The molecule has 1 heterocycles. The summed E-state index contributed by atoms with van der Waals surface area (Å²) in [4.78, 5) is 11.8. The Morgan fingerprint density at radius 3 is 1.85 bits per heavy atom. The fourth-order valence-corrected chi connectivity index (χ4v) is 2.95. The summed E-state index contributed by atoms with van der Waals surface area (Å²) in [6.45, 7) is 0. The van der Waals surface area contributed by atoms with E-state index in [-0.39, 0.29) is 0 Å². The van der Waals surface area contributed by atoms with Gasteiger partial charge in [0.2, 0.25) is 0 Å². The normalized spacial score (nSPS) is 10.4. The van der Waals surface area contributed by atoms with Crippen LogP contribution in [-0.4, -0.2) is 6.29 Å². The lowest BCUT2D eigenvalue weighted by atomic mass is 10.0. The van der Waals surface area contributed by atoms with Gasteiger partial charge in [0.15, 0.2) is 0 Å². The van der Waals surface area contributed by atoms with Gasteiger partial charge in [-0.1, -0.05) is 48.5 Å². The predicted octanol–water partition coefficient (Wildman–Crippen LogP) is 4.48. The molecule has 0 spiro atoms. The Hall–Kier alpha value is -2.39. The summed E-state index contributed by atoms with van der Waals surface area (Å²) in [6.07, 6.45) is 0.854. The number of benzene rings is 2. The van der Waals surface area contributed by atoms with Crippen LogP contribution >= 0.6 is 11.3 Å². The predicted molar refractivity (Wildman–Crippen MR) is 85.0 cm³/mol. The molecular weight excluding hydrogens is 266 g/mol. The first-order chi connectivity index (χ1) is 9.78. The minimum atomic E-state index is 0.691. The van der Waals surface area contributed by atoms with E-state index in [2.05, 4.69) is 24.3 Å². The quantitative estimate of drug-likeness (QED) is 0.718. The van der Waals surface area contributed by atoms with Crippen molar-refractivity contribution in [2.45, 2.75) is 0 Å². The Balaban J connectivity index is 1.92. The first kappa shape index (κ1) is 12.6. The van der Waals surface area contributed by atoms with E-state index >= 15 is 0 Å². The van der Waals surface area contributed by atoms with Crippen LogP contribution in [0.5, 0.6) is 0 Å². The molecule has 0 saturated carbocycles. The number of aldehydes is 1. The van der Waals surface area contributed by atoms with Crippen LogP contribution in [-0.2, 0) is 0 Å². The van der Waals surface area contributed by atoms with E-state index in [0.29, 0.717) is 5.56 Å².